The van der Waals surface area contributed by atoms with Crippen LogP contribution in [-0.2, 0) is 19.1 Å². The zero-order valence-electron chi connectivity index (χ0n) is 27.8. The van der Waals surface area contributed by atoms with Gasteiger partial charge >= 0.3 is 11.9 Å². The second-order valence-electron chi connectivity index (χ2n) is 10.3. The van der Waals surface area contributed by atoms with Gasteiger partial charge < -0.3 is 23.8 Å². The lowest BCUT2D eigenvalue weighted by Crippen LogP contribution is -2.31. The molecule has 0 N–H and O–H groups in total. The normalized spacial score (nSPS) is 11.2. The Morgan fingerprint density at radius 2 is 0.980 bits per heavy atom. The van der Waals surface area contributed by atoms with Crippen LogP contribution in [0.25, 0.3) is 0 Å². The molecular weight excluding hydrogens is 648 g/mol. The van der Waals surface area contributed by atoms with Crippen molar-refractivity contribution < 1.29 is 33.5 Å². The van der Waals surface area contributed by atoms with E-state index in [-0.39, 0.29) is 30.8 Å². The molecule has 0 heterocycles. The van der Waals surface area contributed by atoms with Crippen LogP contribution in [0.1, 0.15) is 13.8 Å². The number of hydrogen-bond donors (Lipinski definition) is 0. The summed E-state index contributed by atoms with van der Waals surface area (Å²) in [4.78, 5) is 34.7. The Balaban J connectivity index is 1.40. The van der Waals surface area contributed by atoms with Crippen LogP contribution >= 0.6 is 0 Å². The third-order valence-corrected chi connectivity index (χ3v) is 6.77. The highest BCUT2D eigenvalue weighted by molar-refractivity contribution is 5.67. The minimum Gasteiger partial charge on any atom is -0.494 e. The average molecular weight is 683 g/mol. The van der Waals surface area contributed by atoms with Gasteiger partial charge in [-0.05, 0) is 60.7 Å². The molecule has 258 valence electrons. The maximum Gasteiger partial charge on any atom is 0.302 e. The summed E-state index contributed by atoms with van der Waals surface area (Å²) in [6, 6.07) is 23.2. The summed E-state index contributed by atoms with van der Waals surface area (Å²) in [6.45, 7) is 3.94. The number of ether oxygens (including phenoxy) is 4. The fourth-order valence-corrected chi connectivity index (χ4v) is 4.29. The first-order chi connectivity index (χ1) is 24.1. The van der Waals surface area contributed by atoms with E-state index in [9.17, 15) is 19.7 Å². The Labute approximate surface area is 287 Å². The second-order valence-corrected chi connectivity index (χ2v) is 10.3. The van der Waals surface area contributed by atoms with Gasteiger partial charge in [0.2, 0.25) is 0 Å². The number of azo groups is 3. The first-order valence-corrected chi connectivity index (χ1v) is 15.1. The molecule has 0 fully saturated rings. The molecule has 0 aliphatic carbocycles. The van der Waals surface area contributed by atoms with Crippen molar-refractivity contribution in [3.05, 3.63) is 95.0 Å². The highest BCUT2D eigenvalue weighted by Crippen LogP contribution is 2.41. The van der Waals surface area contributed by atoms with E-state index in [1.807, 2.05) is 17.0 Å². The van der Waals surface area contributed by atoms with Crippen molar-refractivity contribution >= 4 is 57.4 Å². The molecule has 4 aromatic rings. The van der Waals surface area contributed by atoms with Crippen LogP contribution in [0.5, 0.6) is 11.5 Å². The summed E-state index contributed by atoms with van der Waals surface area (Å²) in [5.41, 5.74) is 3.74. The number of anilines is 1. The molecule has 0 spiro atoms. The first kappa shape index (κ1) is 36.3. The summed E-state index contributed by atoms with van der Waals surface area (Å²) in [5, 5.41) is 36.4. The van der Waals surface area contributed by atoms with E-state index in [0.717, 1.165) is 5.69 Å². The van der Waals surface area contributed by atoms with Crippen molar-refractivity contribution in [1.29, 1.82) is 0 Å². The zero-order chi connectivity index (χ0) is 35.9. The van der Waals surface area contributed by atoms with Crippen molar-refractivity contribution in [1.82, 2.24) is 0 Å². The Hall–Kier alpha value is -6.58. The van der Waals surface area contributed by atoms with Crippen LogP contribution in [-0.4, -0.2) is 57.4 Å². The predicted molar refractivity (Wildman–Crippen MR) is 184 cm³/mol. The van der Waals surface area contributed by atoms with Gasteiger partial charge in [0, 0.05) is 43.8 Å². The number of hydrogen-bond acceptors (Lipinski definition) is 15. The first-order valence-electron chi connectivity index (χ1n) is 15.1. The van der Waals surface area contributed by atoms with E-state index in [1.165, 1.54) is 52.3 Å². The lowest BCUT2D eigenvalue weighted by molar-refractivity contribution is -0.384. The lowest BCUT2D eigenvalue weighted by atomic mass is 10.2. The molecule has 0 saturated carbocycles. The number of carbonyl (C=O) groups excluding carboxylic acids is 2. The molecule has 0 atom stereocenters. The monoisotopic (exact) mass is 682 g/mol. The van der Waals surface area contributed by atoms with Crippen LogP contribution in [0.2, 0.25) is 0 Å². The van der Waals surface area contributed by atoms with E-state index >= 15 is 0 Å². The molecule has 0 aromatic heterocycles. The standard InChI is InChI=1S/C34H34N8O8/c1-23(43)49-19-17-41(18-20-50-24(2)44)29-13-9-27(10-14-29)36-35-25-5-7-26(8-6-25)37-39-31-21-34(48-4)32(22-33(31)47-3)40-38-28-11-15-30(16-12-28)42(45)46/h5-16,21-22H,17-20H2,1-4H3. The van der Waals surface area contributed by atoms with Gasteiger partial charge in [-0.25, -0.2) is 0 Å². The van der Waals surface area contributed by atoms with Gasteiger partial charge in [-0.3, -0.25) is 19.7 Å². The van der Waals surface area contributed by atoms with Crippen molar-refractivity contribution in [2.45, 2.75) is 13.8 Å². The fourth-order valence-electron chi connectivity index (χ4n) is 4.29. The van der Waals surface area contributed by atoms with Gasteiger partial charge in [0.05, 0.1) is 55.0 Å². The van der Waals surface area contributed by atoms with Gasteiger partial charge in [-0.15, -0.1) is 10.2 Å². The molecule has 0 bridgehead atoms. The SMILES string of the molecule is COc1cc(N=Nc2ccc([N+](=O)[O-])cc2)c(OC)cc1N=Nc1ccc(N=Nc2ccc(N(CCOC(C)=O)CCOC(C)=O)cc2)cc1. The summed E-state index contributed by atoms with van der Waals surface area (Å²) in [7, 11) is 2.96. The molecule has 0 aliphatic rings. The summed E-state index contributed by atoms with van der Waals surface area (Å²) in [5.74, 6) is 0.00622. The molecule has 0 saturated heterocycles. The van der Waals surface area contributed by atoms with Gasteiger partial charge in [0.1, 0.15) is 36.1 Å². The topological polar surface area (TPSA) is 192 Å². The minimum atomic E-state index is -0.490. The summed E-state index contributed by atoms with van der Waals surface area (Å²) >= 11 is 0. The smallest absolute Gasteiger partial charge is 0.302 e. The number of nitro benzene ring substituents is 1. The number of methoxy groups -OCH3 is 2. The van der Waals surface area contributed by atoms with Gasteiger partial charge in [-0.1, -0.05) is 0 Å². The molecule has 0 unspecified atom stereocenters. The molecule has 50 heavy (non-hydrogen) atoms. The quantitative estimate of drug-likeness (QED) is 0.0480. The maximum atomic E-state index is 11.2. The molecule has 16 nitrogen and oxygen atoms in total. The predicted octanol–water partition coefficient (Wildman–Crippen LogP) is 8.79. The van der Waals surface area contributed by atoms with Gasteiger partial charge in [-0.2, -0.15) is 20.5 Å². The Kier molecular flexibility index (Phi) is 13.1. The van der Waals surface area contributed by atoms with E-state index in [2.05, 4.69) is 30.7 Å². The molecule has 4 rings (SSSR count). The largest absolute Gasteiger partial charge is 0.494 e. The number of rotatable bonds is 16. The molecular formula is C34H34N8O8. The van der Waals surface area contributed by atoms with Crippen molar-refractivity contribution in [2.75, 3.05) is 45.4 Å². The number of non-ortho nitro benzene ring substituents is 1. The highest BCUT2D eigenvalue weighted by Gasteiger charge is 2.12. The van der Waals surface area contributed by atoms with Crippen LogP contribution in [0.15, 0.2) is 116 Å². The van der Waals surface area contributed by atoms with Crippen LogP contribution in [0.3, 0.4) is 0 Å². The van der Waals surface area contributed by atoms with Crippen molar-refractivity contribution in [3.63, 3.8) is 0 Å². The third kappa shape index (κ3) is 11.0. The Bertz CT molecular complexity index is 1840. The van der Waals surface area contributed by atoms with Gasteiger partial charge in [0.15, 0.2) is 0 Å². The summed E-state index contributed by atoms with van der Waals surface area (Å²) < 4.78 is 21.1. The lowest BCUT2D eigenvalue weighted by Gasteiger charge is -2.24. The fraction of sp³-hybridized carbons (Fsp3) is 0.235. The van der Waals surface area contributed by atoms with E-state index in [4.69, 9.17) is 18.9 Å². The maximum absolute atomic E-state index is 11.2. The molecule has 0 amide bonds. The van der Waals surface area contributed by atoms with Crippen LogP contribution in [0.4, 0.5) is 45.5 Å². The van der Waals surface area contributed by atoms with Crippen LogP contribution in [0, 0.1) is 10.1 Å². The van der Waals surface area contributed by atoms with E-state index in [1.54, 1.807) is 48.5 Å². The molecule has 0 aliphatic heterocycles. The molecule has 0 radical (unpaired) electrons. The average Bonchev–Trinajstić information content (AvgIpc) is 3.12. The number of carbonyl (C=O) groups is 2. The van der Waals surface area contributed by atoms with Crippen molar-refractivity contribution in [2.24, 2.45) is 30.7 Å². The minimum absolute atomic E-state index is 0.0473. The van der Waals surface area contributed by atoms with Crippen molar-refractivity contribution in [3.8, 4) is 11.5 Å². The summed E-state index contributed by atoms with van der Waals surface area (Å²) in [6.07, 6.45) is 0. The Morgan fingerprint density at radius 1 is 0.620 bits per heavy atom. The van der Waals surface area contributed by atoms with Crippen LogP contribution < -0.4 is 14.4 Å². The highest BCUT2D eigenvalue weighted by atomic mass is 16.6. The van der Waals surface area contributed by atoms with Gasteiger partial charge in [0.25, 0.3) is 5.69 Å². The third-order valence-electron chi connectivity index (χ3n) is 6.77. The van der Waals surface area contributed by atoms with E-state index < -0.39 is 4.92 Å². The Morgan fingerprint density at radius 3 is 1.34 bits per heavy atom. The number of benzene rings is 4. The number of esters is 2. The second kappa shape index (κ2) is 18.1. The number of nitrogens with zero attached hydrogens (tertiary/aromatic N) is 8. The zero-order valence-corrected chi connectivity index (χ0v) is 27.8. The van der Waals surface area contributed by atoms with E-state index in [0.29, 0.717) is 58.7 Å². The number of nitro groups is 1. The molecule has 4 aromatic carbocycles. The molecule has 16 heteroatoms.